The maximum atomic E-state index is 13.4. The van der Waals surface area contributed by atoms with Gasteiger partial charge in [0.1, 0.15) is 11.9 Å². The molecule has 36 heavy (non-hydrogen) atoms. The number of nitrogens with one attached hydrogen (secondary N) is 1. The monoisotopic (exact) mass is 514 g/mol. The first-order chi connectivity index (χ1) is 17.0. The van der Waals surface area contributed by atoms with Gasteiger partial charge >= 0.3 is 0 Å². The van der Waals surface area contributed by atoms with Crippen LogP contribution < -0.4 is 15.0 Å². The van der Waals surface area contributed by atoms with Gasteiger partial charge in [-0.15, -0.1) is 12.4 Å². The zero-order chi connectivity index (χ0) is 24.4. The number of carbonyl (C=O) groups excluding carboxylic acids is 1. The first-order valence-corrected chi connectivity index (χ1v) is 13.0. The number of ether oxygens (including phenoxy) is 1. The van der Waals surface area contributed by atoms with Crippen molar-refractivity contribution in [2.45, 2.75) is 51.0 Å². The summed E-state index contributed by atoms with van der Waals surface area (Å²) in [5, 5.41) is 14.4. The van der Waals surface area contributed by atoms with Gasteiger partial charge in [0.05, 0.1) is 17.4 Å². The molecule has 1 fully saturated rings. The maximum Gasteiger partial charge on any atom is 0.256 e. The number of benzene rings is 2. The van der Waals surface area contributed by atoms with Crippen LogP contribution in [0.1, 0.15) is 41.3 Å². The number of halogens is 1. The van der Waals surface area contributed by atoms with Crippen LogP contribution in [0.2, 0.25) is 0 Å². The van der Waals surface area contributed by atoms with Gasteiger partial charge in [-0.3, -0.25) is 9.69 Å². The Morgan fingerprint density at radius 1 is 1.11 bits per heavy atom. The van der Waals surface area contributed by atoms with Crippen LogP contribution in [0.15, 0.2) is 42.5 Å². The second-order valence-electron chi connectivity index (χ2n) is 10.4. The molecule has 8 heteroatoms. The van der Waals surface area contributed by atoms with Gasteiger partial charge in [0.15, 0.2) is 0 Å². The van der Waals surface area contributed by atoms with Crippen LogP contribution in [0.5, 0.6) is 5.75 Å². The highest BCUT2D eigenvalue weighted by Gasteiger charge is 2.28. The molecule has 1 amide bonds. The molecule has 1 saturated heterocycles. The van der Waals surface area contributed by atoms with Crippen molar-refractivity contribution in [2.24, 2.45) is 0 Å². The number of hydrogen-bond donors (Lipinski definition) is 2. The molecule has 0 aliphatic carbocycles. The number of anilines is 1. The second-order valence-corrected chi connectivity index (χ2v) is 10.4. The second kappa shape index (κ2) is 11.8. The van der Waals surface area contributed by atoms with Crippen molar-refractivity contribution in [1.29, 1.82) is 0 Å². The molecule has 5 rings (SSSR count). The topological polar surface area (TPSA) is 68.3 Å². The number of aliphatic hydroxyl groups excluding tert-OH is 1. The number of amides is 1. The van der Waals surface area contributed by atoms with Crippen LogP contribution in [-0.2, 0) is 13.0 Å². The number of β-amino-alcohol motifs (C(OH)–C–C–N with tert-alkyl or cyclic N) is 1. The molecule has 2 unspecified atom stereocenters. The van der Waals surface area contributed by atoms with E-state index in [0.29, 0.717) is 31.2 Å². The van der Waals surface area contributed by atoms with Crippen molar-refractivity contribution >= 4 is 24.0 Å². The largest absolute Gasteiger partial charge is 0.490 e. The molecule has 2 N–H and O–H groups in total. The summed E-state index contributed by atoms with van der Waals surface area (Å²) in [4.78, 5) is 19.7. The summed E-state index contributed by atoms with van der Waals surface area (Å²) in [7, 11) is 2.02. The zero-order valence-corrected chi connectivity index (χ0v) is 22.2. The molecule has 3 heterocycles. The van der Waals surface area contributed by atoms with Crippen LogP contribution in [-0.4, -0.2) is 85.4 Å². The van der Waals surface area contributed by atoms with E-state index >= 15 is 0 Å². The van der Waals surface area contributed by atoms with Crippen LogP contribution in [0, 0.1) is 0 Å². The lowest BCUT2D eigenvalue weighted by Gasteiger charge is -2.32. The summed E-state index contributed by atoms with van der Waals surface area (Å²) in [5.74, 6) is 0.802. The predicted octanol–water partition coefficient (Wildman–Crippen LogP) is 2.94. The minimum atomic E-state index is -0.583. The Morgan fingerprint density at radius 2 is 1.92 bits per heavy atom. The molecule has 0 radical (unpaired) electrons. The lowest BCUT2D eigenvalue weighted by molar-refractivity contribution is 0.0521. The first kappa shape index (κ1) is 26.7. The van der Waals surface area contributed by atoms with Crippen LogP contribution in [0.3, 0.4) is 0 Å². The average Bonchev–Trinajstić information content (AvgIpc) is 2.96. The zero-order valence-electron chi connectivity index (χ0n) is 21.4. The Bertz CT molecular complexity index is 1050. The molecule has 3 aliphatic rings. The van der Waals surface area contributed by atoms with Crippen molar-refractivity contribution in [2.75, 3.05) is 51.2 Å². The van der Waals surface area contributed by atoms with Crippen LogP contribution in [0.4, 0.5) is 5.69 Å². The van der Waals surface area contributed by atoms with Crippen molar-refractivity contribution in [3.63, 3.8) is 0 Å². The van der Waals surface area contributed by atoms with E-state index in [1.165, 1.54) is 11.1 Å². The fourth-order valence-corrected chi connectivity index (χ4v) is 5.62. The van der Waals surface area contributed by atoms with E-state index in [1.54, 1.807) is 4.90 Å². The number of piperidine rings is 1. The smallest absolute Gasteiger partial charge is 0.256 e. The van der Waals surface area contributed by atoms with Gasteiger partial charge < -0.3 is 25.0 Å². The van der Waals surface area contributed by atoms with E-state index in [9.17, 15) is 9.90 Å². The Balaban J connectivity index is 0.00000304. The van der Waals surface area contributed by atoms with Crippen molar-refractivity contribution in [3.8, 4) is 5.75 Å². The third-order valence-corrected chi connectivity index (χ3v) is 7.59. The summed E-state index contributed by atoms with van der Waals surface area (Å²) >= 11 is 0. The molecule has 2 aromatic carbocycles. The van der Waals surface area contributed by atoms with Gasteiger partial charge in [-0.05, 0) is 56.0 Å². The SMILES string of the molecule is CC1CC(Oc2ccc3c(c2)N(C)CCN(C[C@H](O)CN2CCc4ccccc4C2)C3=O)CCN1.Cl. The molecule has 0 bridgehead atoms. The molecule has 7 nitrogen and oxygen atoms in total. The number of aliphatic hydroxyl groups is 1. The van der Waals surface area contributed by atoms with E-state index < -0.39 is 6.10 Å². The lowest BCUT2D eigenvalue weighted by atomic mass is 10.00. The Kier molecular flexibility index (Phi) is 8.78. The number of carbonyl (C=O) groups is 1. The number of fused-ring (bicyclic) bond motifs is 2. The Labute approximate surface area is 220 Å². The normalized spacial score (nSPS) is 23.2. The van der Waals surface area contributed by atoms with Gasteiger partial charge in [-0.1, -0.05) is 24.3 Å². The van der Waals surface area contributed by atoms with Crippen LogP contribution in [0.25, 0.3) is 0 Å². The quantitative estimate of drug-likeness (QED) is 0.618. The summed E-state index contributed by atoms with van der Waals surface area (Å²) in [6.45, 7) is 7.17. The van der Waals surface area contributed by atoms with Crippen molar-refractivity contribution < 1.29 is 14.6 Å². The predicted molar refractivity (Wildman–Crippen MR) is 145 cm³/mol. The standard InChI is InChI=1S/C28H38N4O3.ClH/c1-20-15-25(9-11-29-20)35-24-7-8-26-27(16-24)30(2)13-14-32(28(26)34)19-23(33)18-31-12-10-21-5-3-4-6-22(21)17-31;/h3-8,16,20,23,25,29,33H,9-15,17-19H2,1-2H3;1H/t20?,23-,25?;/m1./s1. The molecule has 3 atom stereocenters. The molecular weight excluding hydrogens is 476 g/mol. The highest BCUT2D eigenvalue weighted by Crippen LogP contribution is 2.30. The van der Waals surface area contributed by atoms with Gasteiger partial charge in [0, 0.05) is 58.4 Å². The number of likely N-dealkylation sites (N-methyl/N-ethyl adjacent to an activating group) is 1. The molecule has 2 aromatic rings. The summed E-state index contributed by atoms with van der Waals surface area (Å²) in [6, 6.07) is 14.8. The highest BCUT2D eigenvalue weighted by atomic mass is 35.5. The minimum Gasteiger partial charge on any atom is -0.490 e. The summed E-state index contributed by atoms with van der Waals surface area (Å²) in [5.41, 5.74) is 4.32. The molecule has 0 aromatic heterocycles. The molecule has 0 spiro atoms. The molecular formula is C28H39ClN4O3. The fraction of sp³-hybridized carbons (Fsp3) is 0.536. The Hall–Kier alpha value is -2.32. The number of rotatable bonds is 6. The molecule has 196 valence electrons. The van der Waals surface area contributed by atoms with E-state index in [-0.39, 0.29) is 24.4 Å². The third kappa shape index (κ3) is 6.14. The van der Waals surface area contributed by atoms with Crippen molar-refractivity contribution in [3.05, 3.63) is 59.2 Å². The van der Waals surface area contributed by atoms with Crippen LogP contribution >= 0.6 is 12.4 Å². The maximum absolute atomic E-state index is 13.4. The fourth-order valence-electron chi connectivity index (χ4n) is 5.62. The number of hydrogen-bond acceptors (Lipinski definition) is 6. The van der Waals surface area contributed by atoms with E-state index in [1.807, 2.05) is 25.2 Å². The highest BCUT2D eigenvalue weighted by molar-refractivity contribution is 6.00. The van der Waals surface area contributed by atoms with Gasteiger partial charge in [0.2, 0.25) is 0 Å². The third-order valence-electron chi connectivity index (χ3n) is 7.59. The molecule has 0 saturated carbocycles. The van der Waals surface area contributed by atoms with Crippen molar-refractivity contribution in [1.82, 2.24) is 15.1 Å². The minimum absolute atomic E-state index is 0. The summed E-state index contributed by atoms with van der Waals surface area (Å²) < 4.78 is 6.28. The Morgan fingerprint density at radius 3 is 2.72 bits per heavy atom. The van der Waals surface area contributed by atoms with Gasteiger partial charge in [-0.2, -0.15) is 0 Å². The van der Waals surface area contributed by atoms with Gasteiger partial charge in [-0.25, -0.2) is 0 Å². The summed E-state index contributed by atoms with van der Waals surface area (Å²) in [6.07, 6.45) is 2.60. The first-order valence-electron chi connectivity index (χ1n) is 13.0. The van der Waals surface area contributed by atoms with E-state index in [0.717, 1.165) is 56.9 Å². The lowest BCUT2D eigenvalue weighted by Crippen LogP contribution is -2.44. The molecule has 3 aliphatic heterocycles. The average molecular weight is 515 g/mol. The van der Waals surface area contributed by atoms with Gasteiger partial charge in [0.25, 0.3) is 5.91 Å². The van der Waals surface area contributed by atoms with E-state index in [2.05, 4.69) is 46.3 Å². The van der Waals surface area contributed by atoms with E-state index in [4.69, 9.17) is 4.74 Å². The number of nitrogens with zero attached hydrogens (tertiary/aromatic N) is 3.